The van der Waals surface area contributed by atoms with Crippen molar-refractivity contribution in [2.75, 3.05) is 58.3 Å². The zero-order valence-electron chi connectivity index (χ0n) is 15.9. The standard InChI is InChI=1S/C19H32N6/c1-4-20-19(22-15-17(23(2)3)16-8-9-16)25-13-11-24(12-14-25)18-7-5-6-10-21-18/h5-7,10,16-17H,4,8-9,11-15H2,1-3H3,(H,20,22). The van der Waals surface area contributed by atoms with Gasteiger partial charge in [-0.2, -0.15) is 0 Å². The van der Waals surface area contributed by atoms with Crippen LogP contribution in [-0.4, -0.2) is 80.1 Å². The Bertz CT molecular complexity index is 544. The number of aromatic nitrogens is 1. The summed E-state index contributed by atoms with van der Waals surface area (Å²) in [5.74, 6) is 2.98. The molecule has 1 aliphatic heterocycles. The van der Waals surface area contributed by atoms with Crippen molar-refractivity contribution in [1.82, 2.24) is 20.1 Å². The van der Waals surface area contributed by atoms with Crippen LogP contribution in [-0.2, 0) is 0 Å². The molecule has 1 aromatic rings. The minimum absolute atomic E-state index is 0.573. The van der Waals surface area contributed by atoms with E-state index in [-0.39, 0.29) is 0 Å². The number of likely N-dealkylation sites (N-methyl/N-ethyl adjacent to an activating group) is 1. The van der Waals surface area contributed by atoms with Crippen LogP contribution < -0.4 is 10.2 Å². The molecule has 0 radical (unpaired) electrons. The van der Waals surface area contributed by atoms with Crippen molar-refractivity contribution in [1.29, 1.82) is 0 Å². The van der Waals surface area contributed by atoms with Crippen LogP contribution in [0.25, 0.3) is 0 Å². The minimum Gasteiger partial charge on any atom is -0.357 e. The first-order valence-corrected chi connectivity index (χ1v) is 9.54. The number of pyridine rings is 1. The summed E-state index contributed by atoms with van der Waals surface area (Å²) in [7, 11) is 4.36. The van der Waals surface area contributed by atoms with Crippen molar-refractivity contribution in [3.8, 4) is 0 Å². The molecule has 25 heavy (non-hydrogen) atoms. The molecule has 0 aromatic carbocycles. The molecule has 1 saturated heterocycles. The van der Waals surface area contributed by atoms with E-state index in [1.165, 1.54) is 12.8 Å². The van der Waals surface area contributed by atoms with Gasteiger partial charge in [0.15, 0.2) is 5.96 Å². The first-order valence-electron chi connectivity index (χ1n) is 9.54. The van der Waals surface area contributed by atoms with E-state index in [4.69, 9.17) is 4.99 Å². The van der Waals surface area contributed by atoms with Crippen molar-refractivity contribution in [2.24, 2.45) is 10.9 Å². The number of anilines is 1. The number of aliphatic imine (C=N–C) groups is 1. The van der Waals surface area contributed by atoms with Gasteiger partial charge < -0.3 is 20.0 Å². The van der Waals surface area contributed by atoms with Crippen molar-refractivity contribution < 1.29 is 0 Å². The number of rotatable bonds is 6. The number of hydrogen-bond donors (Lipinski definition) is 1. The van der Waals surface area contributed by atoms with Gasteiger partial charge in [0, 0.05) is 45.0 Å². The molecule has 6 nitrogen and oxygen atoms in total. The van der Waals surface area contributed by atoms with Crippen LogP contribution in [0.5, 0.6) is 0 Å². The summed E-state index contributed by atoms with van der Waals surface area (Å²) >= 11 is 0. The molecule has 1 N–H and O–H groups in total. The summed E-state index contributed by atoms with van der Waals surface area (Å²) in [5.41, 5.74) is 0. The Morgan fingerprint density at radius 1 is 1.28 bits per heavy atom. The van der Waals surface area contributed by atoms with E-state index < -0.39 is 0 Å². The van der Waals surface area contributed by atoms with Crippen LogP contribution in [0, 0.1) is 5.92 Å². The number of nitrogens with zero attached hydrogens (tertiary/aromatic N) is 5. The van der Waals surface area contributed by atoms with E-state index in [2.05, 4.69) is 58.2 Å². The molecule has 1 aromatic heterocycles. The summed E-state index contributed by atoms with van der Waals surface area (Å²) in [6, 6.07) is 6.69. The second-order valence-corrected chi connectivity index (χ2v) is 7.23. The van der Waals surface area contributed by atoms with Gasteiger partial charge in [-0.15, -0.1) is 0 Å². The van der Waals surface area contributed by atoms with Crippen LogP contribution in [0.1, 0.15) is 19.8 Å². The largest absolute Gasteiger partial charge is 0.357 e. The second kappa shape index (κ2) is 8.52. The van der Waals surface area contributed by atoms with E-state index in [1.807, 2.05) is 12.3 Å². The maximum Gasteiger partial charge on any atom is 0.194 e. The third-order valence-corrected chi connectivity index (χ3v) is 5.14. The van der Waals surface area contributed by atoms with Crippen molar-refractivity contribution in [2.45, 2.75) is 25.8 Å². The molecule has 2 aliphatic rings. The highest BCUT2D eigenvalue weighted by Gasteiger charge is 2.32. The Kier molecular flexibility index (Phi) is 6.13. The van der Waals surface area contributed by atoms with Crippen LogP contribution in [0.2, 0.25) is 0 Å². The van der Waals surface area contributed by atoms with Gasteiger partial charge in [-0.25, -0.2) is 4.98 Å². The zero-order valence-corrected chi connectivity index (χ0v) is 15.9. The topological polar surface area (TPSA) is 47.0 Å². The van der Waals surface area contributed by atoms with Gasteiger partial charge in [-0.1, -0.05) is 6.07 Å². The van der Waals surface area contributed by atoms with Gasteiger partial charge in [-0.3, -0.25) is 4.99 Å². The molecule has 0 spiro atoms. The zero-order chi connectivity index (χ0) is 17.6. The SMILES string of the molecule is CCNC(=NCC(C1CC1)N(C)C)N1CCN(c2ccccn2)CC1. The quantitative estimate of drug-likeness (QED) is 0.626. The molecule has 0 amide bonds. The third-order valence-electron chi connectivity index (χ3n) is 5.14. The molecule has 1 unspecified atom stereocenters. The smallest absolute Gasteiger partial charge is 0.194 e. The maximum absolute atomic E-state index is 4.97. The Hall–Kier alpha value is -1.82. The van der Waals surface area contributed by atoms with Gasteiger partial charge in [0.1, 0.15) is 5.82 Å². The lowest BCUT2D eigenvalue weighted by Crippen LogP contribution is -2.53. The lowest BCUT2D eigenvalue weighted by Gasteiger charge is -2.37. The monoisotopic (exact) mass is 344 g/mol. The lowest BCUT2D eigenvalue weighted by atomic mass is 10.2. The van der Waals surface area contributed by atoms with Crippen LogP contribution >= 0.6 is 0 Å². The molecular formula is C19H32N6. The molecule has 3 rings (SSSR count). The highest BCUT2D eigenvalue weighted by molar-refractivity contribution is 5.80. The molecule has 2 fully saturated rings. The average molecular weight is 345 g/mol. The molecule has 1 aliphatic carbocycles. The summed E-state index contributed by atoms with van der Waals surface area (Å²) < 4.78 is 0. The summed E-state index contributed by atoms with van der Waals surface area (Å²) in [6.45, 7) is 7.89. The van der Waals surface area contributed by atoms with Gasteiger partial charge in [0.2, 0.25) is 0 Å². The van der Waals surface area contributed by atoms with Gasteiger partial charge in [0.05, 0.1) is 6.54 Å². The molecule has 1 saturated carbocycles. The minimum atomic E-state index is 0.573. The molecular weight excluding hydrogens is 312 g/mol. The van der Waals surface area contributed by atoms with E-state index in [0.717, 1.165) is 57.0 Å². The van der Waals surface area contributed by atoms with Crippen molar-refractivity contribution in [3.05, 3.63) is 24.4 Å². The van der Waals surface area contributed by atoms with Crippen LogP contribution in [0.15, 0.2) is 29.4 Å². The van der Waals surface area contributed by atoms with Gasteiger partial charge in [-0.05, 0) is 51.9 Å². The highest BCUT2D eigenvalue weighted by atomic mass is 15.4. The molecule has 6 heteroatoms. The predicted molar refractivity (Wildman–Crippen MR) is 104 cm³/mol. The summed E-state index contributed by atoms with van der Waals surface area (Å²) in [4.78, 5) is 16.5. The van der Waals surface area contributed by atoms with Crippen molar-refractivity contribution in [3.63, 3.8) is 0 Å². The molecule has 1 atom stereocenters. The van der Waals surface area contributed by atoms with Crippen LogP contribution in [0.4, 0.5) is 5.82 Å². The van der Waals surface area contributed by atoms with E-state index >= 15 is 0 Å². The van der Waals surface area contributed by atoms with Crippen LogP contribution in [0.3, 0.4) is 0 Å². The Labute approximate surface area is 151 Å². The first-order chi connectivity index (χ1) is 12.2. The normalized spacial score (nSPS) is 20.1. The third kappa shape index (κ3) is 4.84. The number of guanidine groups is 1. The maximum atomic E-state index is 4.97. The Morgan fingerprint density at radius 3 is 2.60 bits per heavy atom. The highest BCUT2D eigenvalue weighted by Crippen LogP contribution is 2.34. The number of nitrogens with one attached hydrogen (secondary N) is 1. The lowest BCUT2D eigenvalue weighted by molar-refractivity contribution is 0.269. The number of piperazine rings is 1. The average Bonchev–Trinajstić information content (AvgIpc) is 3.47. The Balaban J connectivity index is 1.58. The fraction of sp³-hybridized carbons (Fsp3) is 0.684. The summed E-state index contributed by atoms with van der Waals surface area (Å²) in [5, 5.41) is 3.48. The van der Waals surface area contributed by atoms with E-state index in [1.54, 1.807) is 0 Å². The van der Waals surface area contributed by atoms with Gasteiger partial charge in [0.25, 0.3) is 0 Å². The molecule has 2 heterocycles. The second-order valence-electron chi connectivity index (χ2n) is 7.23. The predicted octanol–water partition coefficient (Wildman–Crippen LogP) is 1.51. The Morgan fingerprint density at radius 2 is 2.04 bits per heavy atom. The van der Waals surface area contributed by atoms with E-state index in [9.17, 15) is 0 Å². The molecule has 0 bridgehead atoms. The fourth-order valence-electron chi connectivity index (χ4n) is 3.51. The van der Waals surface area contributed by atoms with E-state index in [0.29, 0.717) is 6.04 Å². The van der Waals surface area contributed by atoms with Crippen molar-refractivity contribution >= 4 is 11.8 Å². The van der Waals surface area contributed by atoms with Gasteiger partial charge >= 0.3 is 0 Å². The number of hydrogen-bond acceptors (Lipinski definition) is 4. The first kappa shape index (κ1) is 18.0. The fourth-order valence-corrected chi connectivity index (χ4v) is 3.51. The summed E-state index contributed by atoms with van der Waals surface area (Å²) in [6.07, 6.45) is 4.59. The molecule has 138 valence electrons.